The molecule has 3 aliphatic rings. The third-order valence-corrected chi connectivity index (χ3v) is 6.01. The normalized spacial score (nSPS) is 23.2. The topological polar surface area (TPSA) is 89.3 Å². The molecule has 0 bridgehead atoms. The van der Waals surface area contributed by atoms with Crippen molar-refractivity contribution < 1.29 is 14.3 Å². The van der Waals surface area contributed by atoms with Crippen molar-refractivity contribution >= 4 is 29.3 Å². The van der Waals surface area contributed by atoms with Gasteiger partial charge in [0.15, 0.2) is 0 Å². The standard InChI is InChI=1S/C22H23N5O3/c1-26-19(4-5-24-26)15-7-16-10-27(11-17(16)8-15)21(29)3-2-14-6-18-12-30-13-20(28)25-22(18)23-9-14/h2-7,9,16-17H,8,10-13H2,1H3,(H,23,25,28). The molecule has 2 atom stereocenters. The molecule has 5 rings (SSSR count). The van der Waals surface area contributed by atoms with Crippen molar-refractivity contribution in [2.45, 2.75) is 13.0 Å². The van der Waals surface area contributed by atoms with E-state index in [0.717, 1.165) is 36.3 Å². The van der Waals surface area contributed by atoms with Gasteiger partial charge in [-0.2, -0.15) is 5.10 Å². The number of pyridine rings is 1. The second kappa shape index (κ2) is 7.53. The summed E-state index contributed by atoms with van der Waals surface area (Å²) >= 11 is 0. The fourth-order valence-electron chi connectivity index (χ4n) is 4.51. The summed E-state index contributed by atoms with van der Waals surface area (Å²) in [6, 6.07) is 3.93. The first-order valence-electron chi connectivity index (χ1n) is 10.1. The van der Waals surface area contributed by atoms with Gasteiger partial charge in [0.05, 0.1) is 12.3 Å². The number of hydrogen-bond donors (Lipinski definition) is 1. The van der Waals surface area contributed by atoms with Crippen LogP contribution in [0.3, 0.4) is 0 Å². The number of rotatable bonds is 3. The summed E-state index contributed by atoms with van der Waals surface area (Å²) in [5, 5.41) is 6.97. The molecular formula is C22H23N5O3. The van der Waals surface area contributed by atoms with Gasteiger partial charge in [-0.25, -0.2) is 4.98 Å². The van der Waals surface area contributed by atoms with E-state index in [1.165, 1.54) is 5.57 Å². The van der Waals surface area contributed by atoms with E-state index >= 15 is 0 Å². The summed E-state index contributed by atoms with van der Waals surface area (Å²) in [6.45, 7) is 1.86. The minimum absolute atomic E-state index is 0.0133. The molecule has 2 unspecified atom stereocenters. The van der Waals surface area contributed by atoms with Crippen molar-refractivity contribution in [2.75, 3.05) is 25.0 Å². The van der Waals surface area contributed by atoms with Crippen LogP contribution in [0.2, 0.25) is 0 Å². The van der Waals surface area contributed by atoms with Crippen molar-refractivity contribution in [3.8, 4) is 0 Å². The molecule has 4 heterocycles. The molecule has 1 aliphatic carbocycles. The fourth-order valence-corrected chi connectivity index (χ4v) is 4.51. The number of likely N-dealkylation sites (tertiary alicyclic amines) is 1. The second-order valence-electron chi connectivity index (χ2n) is 8.05. The number of hydrogen-bond acceptors (Lipinski definition) is 5. The highest BCUT2D eigenvalue weighted by atomic mass is 16.5. The Kier molecular flexibility index (Phi) is 4.71. The Bertz CT molecular complexity index is 1070. The van der Waals surface area contributed by atoms with Gasteiger partial charge in [0, 0.05) is 44.2 Å². The maximum absolute atomic E-state index is 12.7. The van der Waals surface area contributed by atoms with Gasteiger partial charge < -0.3 is 15.0 Å². The van der Waals surface area contributed by atoms with Crippen LogP contribution in [-0.2, 0) is 28.0 Å². The SMILES string of the molecule is Cn1nccc1C1=CC2CN(C(=O)C=Cc3cnc4c(c3)COCC(=O)N4)CC2C1. The molecule has 154 valence electrons. The smallest absolute Gasteiger partial charge is 0.251 e. The molecular weight excluding hydrogens is 382 g/mol. The Hall–Kier alpha value is -3.26. The average Bonchev–Trinajstić information content (AvgIpc) is 3.38. The van der Waals surface area contributed by atoms with Crippen LogP contribution in [0.5, 0.6) is 0 Å². The Morgan fingerprint density at radius 1 is 1.33 bits per heavy atom. The fraction of sp³-hybridized carbons (Fsp3) is 0.364. The quantitative estimate of drug-likeness (QED) is 0.788. The maximum atomic E-state index is 12.7. The molecule has 30 heavy (non-hydrogen) atoms. The van der Waals surface area contributed by atoms with Gasteiger partial charge in [0.1, 0.15) is 12.4 Å². The third kappa shape index (κ3) is 3.54. The number of aryl methyl sites for hydroxylation is 1. The van der Waals surface area contributed by atoms with Crippen LogP contribution in [0.25, 0.3) is 11.6 Å². The Balaban J connectivity index is 1.24. The van der Waals surface area contributed by atoms with E-state index in [1.807, 2.05) is 35.0 Å². The van der Waals surface area contributed by atoms with Gasteiger partial charge in [-0.3, -0.25) is 14.3 Å². The largest absolute Gasteiger partial charge is 0.367 e. The van der Waals surface area contributed by atoms with Crippen LogP contribution in [0.4, 0.5) is 5.82 Å². The molecule has 2 aromatic rings. The van der Waals surface area contributed by atoms with Crippen LogP contribution in [0, 0.1) is 11.8 Å². The minimum atomic E-state index is -0.208. The van der Waals surface area contributed by atoms with E-state index < -0.39 is 0 Å². The van der Waals surface area contributed by atoms with E-state index in [4.69, 9.17) is 4.74 Å². The van der Waals surface area contributed by atoms with Crippen LogP contribution in [0.1, 0.15) is 23.2 Å². The average molecular weight is 405 g/mol. The molecule has 0 spiro atoms. The molecule has 1 N–H and O–H groups in total. The number of carbonyl (C=O) groups excluding carboxylic acids is 2. The van der Waals surface area contributed by atoms with Gasteiger partial charge in [-0.1, -0.05) is 6.08 Å². The van der Waals surface area contributed by atoms with E-state index in [1.54, 1.807) is 18.3 Å². The van der Waals surface area contributed by atoms with E-state index in [2.05, 4.69) is 21.5 Å². The summed E-state index contributed by atoms with van der Waals surface area (Å²) in [6.07, 6.45) is 10.1. The minimum Gasteiger partial charge on any atom is -0.367 e. The highest BCUT2D eigenvalue weighted by Crippen LogP contribution is 2.40. The van der Waals surface area contributed by atoms with Crippen LogP contribution < -0.4 is 5.32 Å². The number of allylic oxidation sites excluding steroid dienone is 1. The zero-order valence-electron chi connectivity index (χ0n) is 16.7. The van der Waals surface area contributed by atoms with E-state index in [-0.39, 0.29) is 18.4 Å². The van der Waals surface area contributed by atoms with Crippen LogP contribution in [0.15, 0.2) is 36.7 Å². The Labute approximate surface area is 174 Å². The summed E-state index contributed by atoms with van der Waals surface area (Å²) in [7, 11) is 1.96. The van der Waals surface area contributed by atoms with Crippen molar-refractivity contribution in [3.05, 3.63) is 53.5 Å². The lowest BCUT2D eigenvalue weighted by Gasteiger charge is -2.15. The molecule has 2 aliphatic heterocycles. The predicted molar refractivity (Wildman–Crippen MR) is 111 cm³/mol. The Morgan fingerprint density at radius 3 is 3.03 bits per heavy atom. The highest BCUT2D eigenvalue weighted by molar-refractivity contribution is 5.93. The van der Waals surface area contributed by atoms with Gasteiger partial charge in [0.2, 0.25) is 5.91 Å². The maximum Gasteiger partial charge on any atom is 0.251 e. The van der Waals surface area contributed by atoms with E-state index in [0.29, 0.717) is 24.3 Å². The molecule has 0 radical (unpaired) electrons. The monoisotopic (exact) mass is 405 g/mol. The number of fused-ring (bicyclic) bond motifs is 2. The Morgan fingerprint density at radius 2 is 2.23 bits per heavy atom. The number of ether oxygens (including phenoxy) is 1. The van der Waals surface area contributed by atoms with Gasteiger partial charge in [0.25, 0.3) is 5.91 Å². The number of amides is 2. The molecule has 1 saturated heterocycles. The van der Waals surface area contributed by atoms with Crippen molar-refractivity contribution in [1.82, 2.24) is 19.7 Å². The third-order valence-electron chi connectivity index (χ3n) is 6.01. The summed E-state index contributed by atoms with van der Waals surface area (Å²) in [5.74, 6) is 1.20. The first-order chi connectivity index (χ1) is 14.6. The van der Waals surface area contributed by atoms with Crippen molar-refractivity contribution in [3.63, 3.8) is 0 Å². The number of nitrogens with one attached hydrogen (secondary N) is 1. The van der Waals surface area contributed by atoms with E-state index in [9.17, 15) is 9.59 Å². The lowest BCUT2D eigenvalue weighted by molar-refractivity contribution is -0.125. The lowest BCUT2D eigenvalue weighted by Crippen LogP contribution is -2.27. The van der Waals surface area contributed by atoms with Crippen LogP contribution in [-0.4, -0.2) is 51.2 Å². The summed E-state index contributed by atoms with van der Waals surface area (Å²) < 4.78 is 7.22. The van der Waals surface area contributed by atoms with Gasteiger partial charge in [-0.05, 0) is 47.6 Å². The number of nitrogens with zero attached hydrogens (tertiary/aromatic N) is 4. The highest BCUT2D eigenvalue weighted by Gasteiger charge is 2.38. The van der Waals surface area contributed by atoms with Gasteiger partial charge in [-0.15, -0.1) is 0 Å². The zero-order chi connectivity index (χ0) is 20.7. The molecule has 2 amide bonds. The second-order valence-corrected chi connectivity index (χ2v) is 8.05. The lowest BCUT2D eigenvalue weighted by atomic mass is 9.99. The molecule has 8 heteroatoms. The number of anilines is 1. The molecule has 0 saturated carbocycles. The summed E-state index contributed by atoms with van der Waals surface area (Å²) in [4.78, 5) is 30.4. The van der Waals surface area contributed by atoms with Crippen molar-refractivity contribution in [1.29, 1.82) is 0 Å². The number of aromatic nitrogens is 3. The zero-order valence-corrected chi connectivity index (χ0v) is 16.7. The summed E-state index contributed by atoms with van der Waals surface area (Å²) in [5.41, 5.74) is 4.11. The first-order valence-corrected chi connectivity index (χ1v) is 10.1. The predicted octanol–water partition coefficient (Wildman–Crippen LogP) is 1.86. The van der Waals surface area contributed by atoms with Crippen LogP contribution >= 0.6 is 0 Å². The molecule has 1 fully saturated rings. The van der Waals surface area contributed by atoms with Crippen molar-refractivity contribution in [2.24, 2.45) is 18.9 Å². The number of carbonyl (C=O) groups is 2. The molecule has 8 nitrogen and oxygen atoms in total. The van der Waals surface area contributed by atoms with Gasteiger partial charge >= 0.3 is 0 Å². The molecule has 2 aromatic heterocycles. The molecule has 0 aromatic carbocycles. The first kappa shape index (κ1) is 18.7.